The normalized spacial score (nSPS) is 21.7. The first kappa shape index (κ1) is 23.5. The average molecular weight is 525 g/mol. The Labute approximate surface area is 212 Å². The highest BCUT2D eigenvalue weighted by Gasteiger charge is 2.43. The maximum absolute atomic E-state index is 13.3. The van der Waals surface area contributed by atoms with Gasteiger partial charge in [-0.1, -0.05) is 0 Å². The number of rotatable bonds is 6. The van der Waals surface area contributed by atoms with E-state index in [-0.39, 0.29) is 18.9 Å². The lowest BCUT2D eigenvalue weighted by Gasteiger charge is -2.24. The second-order valence-electron chi connectivity index (χ2n) is 9.63. The molecule has 1 amide bonds. The Kier molecular flexibility index (Phi) is 5.66. The number of anilines is 3. The van der Waals surface area contributed by atoms with E-state index in [1.807, 2.05) is 12.1 Å². The minimum absolute atomic E-state index is 0.0531. The van der Waals surface area contributed by atoms with Crippen LogP contribution in [0.4, 0.5) is 21.8 Å². The van der Waals surface area contributed by atoms with Gasteiger partial charge < -0.3 is 15.5 Å². The number of carbonyl (C=O) groups is 1. The van der Waals surface area contributed by atoms with E-state index in [1.165, 1.54) is 30.7 Å². The van der Waals surface area contributed by atoms with Gasteiger partial charge in [0.2, 0.25) is 17.8 Å². The van der Waals surface area contributed by atoms with Crippen molar-refractivity contribution in [1.82, 2.24) is 19.6 Å². The van der Waals surface area contributed by atoms with E-state index in [9.17, 15) is 17.6 Å². The predicted molar refractivity (Wildman–Crippen MR) is 137 cm³/mol. The highest BCUT2D eigenvalue weighted by molar-refractivity contribution is 7.91. The number of halogens is 1. The Bertz CT molecular complexity index is 1550. The number of aromatic nitrogens is 4. The third-order valence-electron chi connectivity index (χ3n) is 6.90. The number of amidine groups is 1. The van der Waals surface area contributed by atoms with Crippen molar-refractivity contribution in [2.45, 2.75) is 30.6 Å². The fraction of sp³-hybridized carbons (Fsp3) is 0.375. The molecule has 192 valence electrons. The van der Waals surface area contributed by atoms with Gasteiger partial charge >= 0.3 is 0 Å². The van der Waals surface area contributed by atoms with Crippen molar-refractivity contribution >= 4 is 44.6 Å². The summed E-state index contributed by atoms with van der Waals surface area (Å²) in [7, 11) is -3.45. The molecule has 0 bridgehead atoms. The van der Waals surface area contributed by atoms with Crippen molar-refractivity contribution in [2.24, 2.45) is 10.9 Å². The highest BCUT2D eigenvalue weighted by Crippen LogP contribution is 2.38. The molecule has 2 aliphatic heterocycles. The van der Waals surface area contributed by atoms with Crippen LogP contribution in [0.1, 0.15) is 19.3 Å². The molecule has 1 aliphatic carbocycles. The second kappa shape index (κ2) is 8.91. The van der Waals surface area contributed by atoms with Crippen molar-refractivity contribution in [2.75, 3.05) is 34.9 Å². The number of carbonyl (C=O) groups excluding carboxylic acids is 1. The van der Waals surface area contributed by atoms with Gasteiger partial charge in [-0.2, -0.15) is 9.37 Å². The van der Waals surface area contributed by atoms with Crippen LogP contribution in [0.25, 0.3) is 5.52 Å². The zero-order valence-electron chi connectivity index (χ0n) is 20.0. The summed E-state index contributed by atoms with van der Waals surface area (Å²) < 4.78 is 39.7. The number of pyridine rings is 1. The monoisotopic (exact) mass is 524 g/mol. The Hall–Kier alpha value is -3.87. The third kappa shape index (κ3) is 4.78. The lowest BCUT2D eigenvalue weighted by Crippen LogP contribution is -2.41. The molecule has 3 aromatic rings. The van der Waals surface area contributed by atoms with Gasteiger partial charge in [-0.3, -0.25) is 9.79 Å². The molecule has 0 unspecified atom stereocenters. The largest absolute Gasteiger partial charge is 0.326 e. The topological polar surface area (TPSA) is 134 Å². The number of fused-ring (bicyclic) bond motifs is 1. The Balaban J connectivity index is 1.32. The molecule has 37 heavy (non-hydrogen) atoms. The summed E-state index contributed by atoms with van der Waals surface area (Å²) >= 11 is 0. The van der Waals surface area contributed by atoms with E-state index in [2.05, 4.69) is 31.8 Å². The molecule has 3 aliphatic rings. The van der Waals surface area contributed by atoms with Crippen LogP contribution < -0.4 is 15.5 Å². The number of amides is 1. The molecule has 1 saturated carbocycles. The summed E-state index contributed by atoms with van der Waals surface area (Å²) in [5.41, 5.74) is 2.33. The third-order valence-corrected chi connectivity index (χ3v) is 8.46. The van der Waals surface area contributed by atoms with Gasteiger partial charge in [0.1, 0.15) is 17.4 Å². The molecule has 5 heterocycles. The Morgan fingerprint density at radius 3 is 2.78 bits per heavy atom. The van der Waals surface area contributed by atoms with E-state index in [1.54, 1.807) is 15.6 Å². The maximum atomic E-state index is 13.3. The van der Waals surface area contributed by atoms with Gasteiger partial charge in [0.25, 0.3) is 0 Å². The van der Waals surface area contributed by atoms with Crippen molar-refractivity contribution in [1.29, 1.82) is 0 Å². The van der Waals surface area contributed by atoms with E-state index in [0.717, 1.165) is 17.8 Å². The molecule has 0 spiro atoms. The summed E-state index contributed by atoms with van der Waals surface area (Å²) in [4.78, 5) is 27.7. The standard InChI is InChI=1S/C24H25FN8O3S/c1-37(35,36)17-10-19(23(34)28-16-6-7-20(25)26-12-16)32(13-17)24-30-22(18-3-2-8-33(18)31-24)29-21-9-15(11-27-21)14-4-5-14/h2-3,6-9,12,14,17,19H,4-5,10-11,13H2,1H3,(H,28,34)(H,27,29,30,31)/t17-,19+/m1/s1. The molecule has 0 aromatic carbocycles. The SMILES string of the molecule is CS(=O)(=O)[C@@H]1C[C@@H](C(=O)Nc2ccc(F)nc2)N(c2nc(NC3=NCC(C4CC4)=C3)c3cccn3n2)C1. The molecule has 0 radical (unpaired) electrons. The summed E-state index contributed by atoms with van der Waals surface area (Å²) in [5, 5.41) is 9.78. The molecular weight excluding hydrogens is 499 g/mol. The molecule has 6 rings (SSSR count). The van der Waals surface area contributed by atoms with Crippen LogP contribution in [-0.4, -0.2) is 70.4 Å². The number of hydrogen-bond donors (Lipinski definition) is 2. The van der Waals surface area contributed by atoms with Gasteiger partial charge in [0, 0.05) is 19.0 Å². The highest BCUT2D eigenvalue weighted by atomic mass is 32.2. The van der Waals surface area contributed by atoms with Crippen molar-refractivity contribution in [3.63, 3.8) is 0 Å². The van der Waals surface area contributed by atoms with Crippen LogP contribution in [-0.2, 0) is 14.6 Å². The van der Waals surface area contributed by atoms with Gasteiger partial charge in [0.15, 0.2) is 15.7 Å². The first-order valence-corrected chi connectivity index (χ1v) is 14.0. The number of hydrogen-bond acceptors (Lipinski definition) is 9. The van der Waals surface area contributed by atoms with E-state index >= 15 is 0 Å². The first-order valence-electron chi connectivity index (χ1n) is 12.0. The predicted octanol–water partition coefficient (Wildman–Crippen LogP) is 2.05. The molecule has 2 fully saturated rings. The lowest BCUT2D eigenvalue weighted by molar-refractivity contribution is -0.117. The maximum Gasteiger partial charge on any atom is 0.247 e. The summed E-state index contributed by atoms with van der Waals surface area (Å²) in [6.45, 7) is 0.725. The van der Waals surface area contributed by atoms with Crippen LogP contribution in [0.2, 0.25) is 0 Å². The zero-order valence-corrected chi connectivity index (χ0v) is 20.8. The van der Waals surface area contributed by atoms with Crippen molar-refractivity contribution in [3.05, 3.63) is 54.3 Å². The van der Waals surface area contributed by atoms with Gasteiger partial charge in [0.05, 0.1) is 23.7 Å². The molecule has 3 aromatic heterocycles. The zero-order chi connectivity index (χ0) is 25.7. The fourth-order valence-electron chi connectivity index (χ4n) is 4.73. The van der Waals surface area contributed by atoms with E-state index < -0.39 is 33.0 Å². The van der Waals surface area contributed by atoms with E-state index in [4.69, 9.17) is 4.98 Å². The van der Waals surface area contributed by atoms with E-state index in [0.29, 0.717) is 29.8 Å². The quantitative estimate of drug-likeness (QED) is 0.468. The summed E-state index contributed by atoms with van der Waals surface area (Å²) in [6, 6.07) is 5.36. The Morgan fingerprint density at radius 1 is 1.22 bits per heavy atom. The van der Waals surface area contributed by atoms with Crippen LogP contribution >= 0.6 is 0 Å². The van der Waals surface area contributed by atoms with Gasteiger partial charge in [-0.05, 0) is 61.1 Å². The smallest absolute Gasteiger partial charge is 0.247 e. The van der Waals surface area contributed by atoms with Gasteiger partial charge in [-0.15, -0.1) is 5.10 Å². The summed E-state index contributed by atoms with van der Waals surface area (Å²) in [6.07, 6.45) is 8.64. The molecule has 11 nitrogen and oxygen atoms in total. The molecule has 2 atom stereocenters. The number of nitrogens with zero attached hydrogens (tertiary/aromatic N) is 6. The second-order valence-corrected chi connectivity index (χ2v) is 12.0. The van der Waals surface area contributed by atoms with Crippen molar-refractivity contribution < 1.29 is 17.6 Å². The fourth-order valence-corrected chi connectivity index (χ4v) is 5.69. The summed E-state index contributed by atoms with van der Waals surface area (Å²) in [5.74, 6) is 0.916. The average Bonchev–Trinajstić information content (AvgIpc) is 3.24. The van der Waals surface area contributed by atoms with Crippen LogP contribution in [0.5, 0.6) is 0 Å². The van der Waals surface area contributed by atoms with Crippen LogP contribution in [0.15, 0.2) is 53.3 Å². The van der Waals surface area contributed by atoms with Crippen LogP contribution in [0.3, 0.4) is 0 Å². The number of aliphatic imine (C=N–C) groups is 1. The molecule has 2 N–H and O–H groups in total. The van der Waals surface area contributed by atoms with Crippen LogP contribution in [0, 0.1) is 11.9 Å². The molecule has 1 saturated heterocycles. The molecular formula is C24H25FN8O3S. The van der Waals surface area contributed by atoms with Gasteiger partial charge in [-0.25, -0.2) is 17.9 Å². The minimum Gasteiger partial charge on any atom is -0.326 e. The minimum atomic E-state index is -3.45. The Morgan fingerprint density at radius 2 is 2.05 bits per heavy atom. The first-order chi connectivity index (χ1) is 17.7. The lowest BCUT2D eigenvalue weighted by atomic mass is 10.2. The molecule has 13 heteroatoms. The van der Waals surface area contributed by atoms with Crippen molar-refractivity contribution in [3.8, 4) is 0 Å². The number of sulfone groups is 1. The number of nitrogens with one attached hydrogen (secondary N) is 2.